The molecule has 1 N–H and O–H groups in total. The average Bonchev–Trinajstić information content (AvgIpc) is 2.53. The highest BCUT2D eigenvalue weighted by Crippen LogP contribution is 2.10. The summed E-state index contributed by atoms with van der Waals surface area (Å²) in [5.41, 5.74) is 0. The fourth-order valence-electron chi connectivity index (χ4n) is 1.32. The van der Waals surface area contributed by atoms with Crippen molar-refractivity contribution in [1.82, 2.24) is 15.1 Å². The zero-order valence-corrected chi connectivity index (χ0v) is 9.16. The predicted octanol–water partition coefficient (Wildman–Crippen LogP) is 1.28. The van der Waals surface area contributed by atoms with Gasteiger partial charge in [0.15, 0.2) is 5.75 Å². The summed E-state index contributed by atoms with van der Waals surface area (Å²) in [6.07, 6.45) is 4.98. The Bertz CT molecular complexity index is 260. The number of nitrogens with zero attached hydrogens (tertiary/aromatic N) is 2. The maximum absolute atomic E-state index is 5.64. The fourth-order valence-corrected chi connectivity index (χ4v) is 1.32. The minimum atomic E-state index is 0.180. The second-order valence-corrected chi connectivity index (χ2v) is 3.43. The Morgan fingerprint density at radius 1 is 1.64 bits per heavy atom. The monoisotopic (exact) mass is 197 g/mol. The lowest BCUT2D eigenvalue weighted by molar-refractivity contribution is 0.220. The lowest BCUT2D eigenvalue weighted by atomic mass is 10.4. The highest BCUT2D eigenvalue weighted by molar-refractivity contribution is 5.12. The Hall–Kier alpha value is -1.03. The van der Waals surface area contributed by atoms with Crippen molar-refractivity contribution in [1.29, 1.82) is 0 Å². The van der Waals surface area contributed by atoms with Crippen molar-refractivity contribution in [3.63, 3.8) is 0 Å². The van der Waals surface area contributed by atoms with E-state index in [2.05, 4.69) is 17.3 Å². The van der Waals surface area contributed by atoms with Gasteiger partial charge >= 0.3 is 0 Å². The zero-order chi connectivity index (χ0) is 10.4. The van der Waals surface area contributed by atoms with E-state index in [1.165, 1.54) is 0 Å². The third-order valence-electron chi connectivity index (χ3n) is 1.89. The van der Waals surface area contributed by atoms with E-state index in [1.54, 1.807) is 6.20 Å². The van der Waals surface area contributed by atoms with E-state index < -0.39 is 0 Å². The standard InChI is InChI=1S/C10H19N3O/c1-4-5-13-8-10(7-12-13)14-9(2)6-11-3/h7-9,11H,4-6H2,1-3H3. The van der Waals surface area contributed by atoms with Crippen LogP contribution in [-0.4, -0.2) is 29.5 Å². The molecule has 0 spiro atoms. The van der Waals surface area contributed by atoms with Crippen molar-refractivity contribution >= 4 is 0 Å². The van der Waals surface area contributed by atoms with Crippen LogP contribution in [0, 0.1) is 0 Å². The van der Waals surface area contributed by atoms with E-state index in [9.17, 15) is 0 Å². The van der Waals surface area contributed by atoms with E-state index in [-0.39, 0.29) is 6.10 Å². The molecule has 1 heterocycles. The van der Waals surface area contributed by atoms with Crippen molar-refractivity contribution < 1.29 is 4.74 Å². The number of rotatable bonds is 6. The number of hydrogen-bond donors (Lipinski definition) is 1. The first-order chi connectivity index (χ1) is 6.76. The maximum Gasteiger partial charge on any atom is 0.157 e. The van der Waals surface area contributed by atoms with Crippen LogP contribution < -0.4 is 10.1 Å². The molecule has 0 fully saturated rings. The number of aryl methyl sites for hydroxylation is 1. The van der Waals surface area contributed by atoms with Crippen molar-refractivity contribution in [3.05, 3.63) is 12.4 Å². The van der Waals surface area contributed by atoms with E-state index in [0.717, 1.165) is 25.3 Å². The molecule has 1 aromatic rings. The third kappa shape index (κ3) is 3.38. The number of nitrogens with one attached hydrogen (secondary N) is 1. The Morgan fingerprint density at radius 3 is 3.07 bits per heavy atom. The van der Waals surface area contributed by atoms with Crippen molar-refractivity contribution in [2.24, 2.45) is 0 Å². The van der Waals surface area contributed by atoms with Crippen LogP contribution in [0.15, 0.2) is 12.4 Å². The van der Waals surface area contributed by atoms with Crippen LogP contribution in [0.5, 0.6) is 5.75 Å². The summed E-state index contributed by atoms with van der Waals surface area (Å²) in [5.74, 6) is 0.848. The topological polar surface area (TPSA) is 39.1 Å². The van der Waals surface area contributed by atoms with Crippen LogP contribution in [0.1, 0.15) is 20.3 Å². The summed E-state index contributed by atoms with van der Waals surface area (Å²) in [6, 6.07) is 0. The van der Waals surface area contributed by atoms with Crippen LogP contribution in [0.4, 0.5) is 0 Å². The van der Waals surface area contributed by atoms with Gasteiger partial charge in [-0.3, -0.25) is 4.68 Å². The molecule has 14 heavy (non-hydrogen) atoms. The van der Waals surface area contributed by atoms with E-state index in [4.69, 9.17) is 4.74 Å². The van der Waals surface area contributed by atoms with Crippen molar-refractivity contribution in [2.75, 3.05) is 13.6 Å². The molecule has 0 amide bonds. The van der Waals surface area contributed by atoms with Gasteiger partial charge in [-0.1, -0.05) is 6.92 Å². The second-order valence-electron chi connectivity index (χ2n) is 3.43. The minimum Gasteiger partial charge on any atom is -0.486 e. The fraction of sp³-hybridized carbons (Fsp3) is 0.700. The van der Waals surface area contributed by atoms with E-state index in [1.807, 2.05) is 24.9 Å². The van der Waals surface area contributed by atoms with Crippen LogP contribution in [0.25, 0.3) is 0 Å². The number of aromatic nitrogens is 2. The van der Waals surface area contributed by atoms with Gasteiger partial charge in [-0.2, -0.15) is 5.10 Å². The quantitative estimate of drug-likeness (QED) is 0.746. The summed E-state index contributed by atoms with van der Waals surface area (Å²) in [5, 5.41) is 7.26. The molecule has 0 bridgehead atoms. The van der Waals surface area contributed by atoms with Crippen molar-refractivity contribution in [3.8, 4) is 5.75 Å². The molecule has 4 nitrogen and oxygen atoms in total. The molecular weight excluding hydrogens is 178 g/mol. The van der Waals surface area contributed by atoms with Crippen LogP contribution in [-0.2, 0) is 6.54 Å². The van der Waals surface area contributed by atoms with E-state index >= 15 is 0 Å². The van der Waals surface area contributed by atoms with Crippen LogP contribution in [0.3, 0.4) is 0 Å². The lowest BCUT2D eigenvalue weighted by Crippen LogP contribution is -2.25. The number of ether oxygens (including phenoxy) is 1. The van der Waals surface area contributed by atoms with Gasteiger partial charge in [0.05, 0.1) is 12.4 Å². The Balaban J connectivity index is 2.42. The van der Waals surface area contributed by atoms with Crippen LogP contribution in [0.2, 0.25) is 0 Å². The molecule has 0 aliphatic heterocycles. The van der Waals surface area contributed by atoms with Gasteiger partial charge in [0.2, 0.25) is 0 Å². The molecule has 0 saturated heterocycles. The van der Waals surface area contributed by atoms with Crippen LogP contribution >= 0.6 is 0 Å². The summed E-state index contributed by atoms with van der Waals surface area (Å²) in [6.45, 7) is 5.96. The average molecular weight is 197 g/mol. The summed E-state index contributed by atoms with van der Waals surface area (Å²) in [4.78, 5) is 0. The SMILES string of the molecule is CCCn1cc(OC(C)CNC)cn1. The molecule has 0 aliphatic carbocycles. The lowest BCUT2D eigenvalue weighted by Gasteiger charge is -2.11. The first-order valence-corrected chi connectivity index (χ1v) is 5.10. The molecule has 1 rings (SSSR count). The molecule has 4 heteroatoms. The zero-order valence-electron chi connectivity index (χ0n) is 9.16. The second kappa shape index (κ2) is 5.65. The molecule has 1 unspecified atom stereocenters. The molecule has 1 aromatic heterocycles. The number of hydrogen-bond acceptors (Lipinski definition) is 3. The van der Waals surface area contributed by atoms with Gasteiger partial charge in [0, 0.05) is 13.1 Å². The molecule has 0 saturated carbocycles. The highest BCUT2D eigenvalue weighted by atomic mass is 16.5. The first-order valence-electron chi connectivity index (χ1n) is 5.10. The molecular formula is C10H19N3O. The molecule has 0 radical (unpaired) electrons. The Labute approximate surface area is 85.3 Å². The largest absolute Gasteiger partial charge is 0.486 e. The summed E-state index contributed by atoms with van der Waals surface area (Å²) in [7, 11) is 1.92. The smallest absolute Gasteiger partial charge is 0.157 e. The van der Waals surface area contributed by atoms with Gasteiger partial charge in [-0.15, -0.1) is 0 Å². The van der Waals surface area contributed by atoms with Gasteiger partial charge in [0.25, 0.3) is 0 Å². The minimum absolute atomic E-state index is 0.180. The third-order valence-corrected chi connectivity index (χ3v) is 1.89. The van der Waals surface area contributed by atoms with Gasteiger partial charge in [0.1, 0.15) is 6.10 Å². The summed E-state index contributed by atoms with van der Waals surface area (Å²) < 4.78 is 7.54. The van der Waals surface area contributed by atoms with E-state index in [0.29, 0.717) is 0 Å². The maximum atomic E-state index is 5.64. The highest BCUT2D eigenvalue weighted by Gasteiger charge is 2.04. The van der Waals surface area contributed by atoms with Gasteiger partial charge < -0.3 is 10.1 Å². The predicted molar refractivity (Wildman–Crippen MR) is 56.5 cm³/mol. The Kier molecular flexibility index (Phi) is 4.46. The molecule has 0 aromatic carbocycles. The van der Waals surface area contributed by atoms with Gasteiger partial charge in [-0.25, -0.2) is 0 Å². The normalized spacial score (nSPS) is 12.8. The molecule has 1 atom stereocenters. The summed E-state index contributed by atoms with van der Waals surface area (Å²) >= 11 is 0. The van der Waals surface area contributed by atoms with Crippen molar-refractivity contribution in [2.45, 2.75) is 32.9 Å². The van der Waals surface area contributed by atoms with Gasteiger partial charge in [-0.05, 0) is 20.4 Å². The number of likely N-dealkylation sites (N-methyl/N-ethyl adjacent to an activating group) is 1. The first kappa shape index (κ1) is 11.0. The molecule has 80 valence electrons. The Morgan fingerprint density at radius 2 is 2.43 bits per heavy atom. The molecule has 0 aliphatic rings.